The average Bonchev–Trinajstić information content (AvgIpc) is 3.18. The lowest BCUT2D eigenvalue weighted by Gasteiger charge is -2.31. The minimum atomic E-state index is 0.563. The lowest BCUT2D eigenvalue weighted by molar-refractivity contribution is 0.200. The van der Waals surface area contributed by atoms with Crippen LogP contribution < -0.4 is 0 Å². The van der Waals surface area contributed by atoms with E-state index in [4.69, 9.17) is 0 Å². The summed E-state index contributed by atoms with van der Waals surface area (Å²) in [5.41, 5.74) is 3.41. The smallest absolute Gasteiger partial charge is 0.155 e. The van der Waals surface area contributed by atoms with Gasteiger partial charge in [-0.1, -0.05) is 0 Å². The molecule has 0 radical (unpaired) electrons. The van der Waals surface area contributed by atoms with Crippen LogP contribution in [0.25, 0.3) is 5.65 Å². The average molecular weight is 282 g/mol. The molecule has 0 saturated carbocycles. The van der Waals surface area contributed by atoms with Gasteiger partial charge in [0.25, 0.3) is 0 Å². The summed E-state index contributed by atoms with van der Waals surface area (Å²) >= 11 is 0. The fourth-order valence-electron chi connectivity index (χ4n) is 3.16. The van der Waals surface area contributed by atoms with Crippen LogP contribution >= 0.6 is 0 Å². The van der Waals surface area contributed by atoms with Crippen molar-refractivity contribution in [3.63, 3.8) is 0 Å². The highest BCUT2D eigenvalue weighted by Gasteiger charge is 2.23. The van der Waals surface area contributed by atoms with Crippen molar-refractivity contribution in [1.82, 2.24) is 29.7 Å². The maximum absolute atomic E-state index is 4.40. The summed E-state index contributed by atoms with van der Waals surface area (Å²) in [6.07, 6.45) is 7.84. The fraction of sp³-hybridized carbons (Fsp3) is 0.400. The van der Waals surface area contributed by atoms with Crippen LogP contribution in [0.5, 0.6) is 0 Å². The third kappa shape index (κ3) is 2.42. The van der Waals surface area contributed by atoms with Gasteiger partial charge in [-0.2, -0.15) is 10.2 Å². The largest absolute Gasteiger partial charge is 0.297 e. The predicted octanol–water partition coefficient (Wildman–Crippen LogP) is 1.83. The molecule has 1 N–H and O–H groups in total. The van der Waals surface area contributed by atoms with Crippen molar-refractivity contribution in [1.29, 1.82) is 0 Å². The van der Waals surface area contributed by atoms with Crippen molar-refractivity contribution in [3.8, 4) is 0 Å². The fourth-order valence-corrected chi connectivity index (χ4v) is 3.16. The Kier molecular flexibility index (Phi) is 3.16. The van der Waals surface area contributed by atoms with Gasteiger partial charge in [-0.05, 0) is 38.1 Å². The van der Waals surface area contributed by atoms with Gasteiger partial charge in [0, 0.05) is 42.3 Å². The summed E-state index contributed by atoms with van der Waals surface area (Å²) in [5.74, 6) is 0.563. The van der Waals surface area contributed by atoms with E-state index in [2.05, 4.69) is 31.2 Å². The summed E-state index contributed by atoms with van der Waals surface area (Å²) in [4.78, 5) is 6.82. The molecule has 0 spiro atoms. The highest BCUT2D eigenvalue weighted by Crippen LogP contribution is 2.28. The van der Waals surface area contributed by atoms with E-state index in [9.17, 15) is 0 Å². The van der Waals surface area contributed by atoms with E-state index >= 15 is 0 Å². The van der Waals surface area contributed by atoms with Crippen molar-refractivity contribution >= 4 is 5.65 Å². The van der Waals surface area contributed by atoms with E-state index < -0.39 is 0 Å². The van der Waals surface area contributed by atoms with Crippen molar-refractivity contribution in [2.24, 2.45) is 0 Å². The maximum atomic E-state index is 4.40. The second-order valence-electron chi connectivity index (χ2n) is 5.60. The van der Waals surface area contributed by atoms with Crippen molar-refractivity contribution in [2.75, 3.05) is 13.1 Å². The van der Waals surface area contributed by atoms with E-state index in [1.165, 1.54) is 11.4 Å². The second-order valence-corrected chi connectivity index (χ2v) is 5.60. The number of nitrogens with zero attached hydrogens (tertiary/aromatic N) is 5. The third-order valence-electron chi connectivity index (χ3n) is 4.28. The van der Waals surface area contributed by atoms with Gasteiger partial charge in [0.2, 0.25) is 0 Å². The Morgan fingerprint density at radius 2 is 2.00 bits per heavy atom. The molecule has 4 heterocycles. The van der Waals surface area contributed by atoms with Crippen LogP contribution in [-0.4, -0.2) is 42.8 Å². The first-order valence-electron chi connectivity index (χ1n) is 7.39. The Morgan fingerprint density at radius 1 is 1.10 bits per heavy atom. The SMILES string of the molecule is c1cc(CN2CCC(c3ccnc4ccnn34)CC2)[nH]n1. The normalized spacial score (nSPS) is 17.5. The van der Waals surface area contributed by atoms with Gasteiger partial charge in [-0.25, -0.2) is 9.50 Å². The van der Waals surface area contributed by atoms with Crippen molar-refractivity contribution in [3.05, 3.63) is 48.2 Å². The lowest BCUT2D eigenvalue weighted by atomic mass is 9.93. The number of hydrogen-bond acceptors (Lipinski definition) is 4. The molecule has 1 aliphatic heterocycles. The first-order valence-corrected chi connectivity index (χ1v) is 7.39. The zero-order chi connectivity index (χ0) is 14.1. The molecular weight excluding hydrogens is 264 g/mol. The molecule has 3 aromatic rings. The van der Waals surface area contributed by atoms with Gasteiger partial charge in [0.15, 0.2) is 5.65 Å². The van der Waals surface area contributed by atoms with Crippen LogP contribution in [0.4, 0.5) is 0 Å². The molecule has 0 aromatic carbocycles. The number of hydrogen-bond donors (Lipinski definition) is 1. The summed E-state index contributed by atoms with van der Waals surface area (Å²) in [6.45, 7) is 3.17. The number of aromatic nitrogens is 5. The van der Waals surface area contributed by atoms with E-state index in [1.807, 2.05) is 35.2 Å². The molecule has 108 valence electrons. The molecule has 0 bridgehead atoms. The monoisotopic (exact) mass is 282 g/mol. The minimum Gasteiger partial charge on any atom is -0.297 e. The number of nitrogens with one attached hydrogen (secondary N) is 1. The van der Waals surface area contributed by atoms with Gasteiger partial charge in [0.05, 0.1) is 6.20 Å². The van der Waals surface area contributed by atoms with E-state index in [-0.39, 0.29) is 0 Å². The Morgan fingerprint density at radius 3 is 2.81 bits per heavy atom. The highest BCUT2D eigenvalue weighted by molar-refractivity contribution is 5.37. The molecule has 6 heteroatoms. The number of piperidine rings is 1. The Hall–Kier alpha value is -2.21. The van der Waals surface area contributed by atoms with Gasteiger partial charge < -0.3 is 0 Å². The quantitative estimate of drug-likeness (QED) is 0.796. The first kappa shape index (κ1) is 12.5. The summed E-state index contributed by atoms with van der Waals surface area (Å²) in [5, 5.41) is 11.4. The molecule has 4 rings (SSSR count). The summed E-state index contributed by atoms with van der Waals surface area (Å²) < 4.78 is 1.98. The van der Waals surface area contributed by atoms with Crippen molar-refractivity contribution < 1.29 is 0 Å². The number of likely N-dealkylation sites (tertiary alicyclic amines) is 1. The molecular formula is C15H18N6. The van der Waals surface area contributed by atoms with Gasteiger partial charge in [-0.15, -0.1) is 0 Å². The number of rotatable bonds is 3. The van der Waals surface area contributed by atoms with Crippen LogP contribution in [0.3, 0.4) is 0 Å². The molecule has 1 saturated heterocycles. The van der Waals surface area contributed by atoms with E-state index in [0.29, 0.717) is 5.92 Å². The van der Waals surface area contributed by atoms with Crippen LogP contribution in [0, 0.1) is 0 Å². The molecule has 0 amide bonds. The van der Waals surface area contributed by atoms with Crippen LogP contribution in [-0.2, 0) is 6.54 Å². The number of H-pyrrole nitrogens is 1. The molecule has 1 aliphatic rings. The molecule has 6 nitrogen and oxygen atoms in total. The maximum Gasteiger partial charge on any atom is 0.155 e. The Balaban J connectivity index is 1.46. The second kappa shape index (κ2) is 5.29. The topological polar surface area (TPSA) is 62.1 Å². The van der Waals surface area contributed by atoms with Crippen LogP contribution in [0.2, 0.25) is 0 Å². The summed E-state index contributed by atoms with van der Waals surface area (Å²) in [7, 11) is 0. The number of fused-ring (bicyclic) bond motifs is 1. The molecule has 0 aliphatic carbocycles. The molecule has 21 heavy (non-hydrogen) atoms. The zero-order valence-corrected chi connectivity index (χ0v) is 11.8. The third-order valence-corrected chi connectivity index (χ3v) is 4.28. The molecule has 3 aromatic heterocycles. The van der Waals surface area contributed by atoms with Crippen LogP contribution in [0.15, 0.2) is 36.8 Å². The lowest BCUT2D eigenvalue weighted by Crippen LogP contribution is -2.33. The van der Waals surface area contributed by atoms with Gasteiger partial charge >= 0.3 is 0 Å². The molecule has 1 fully saturated rings. The Bertz CT molecular complexity index is 709. The predicted molar refractivity (Wildman–Crippen MR) is 78.8 cm³/mol. The van der Waals surface area contributed by atoms with Gasteiger partial charge in [0.1, 0.15) is 0 Å². The van der Waals surface area contributed by atoms with E-state index in [0.717, 1.165) is 38.1 Å². The standard InChI is InChI=1S/C15H18N6/c1-7-17-19-13(1)11-20-9-4-12(5-10-20)14-2-6-16-15-3-8-18-21(14)15/h1-3,6-8,12H,4-5,9-11H2,(H,17,19). The number of aromatic amines is 1. The minimum absolute atomic E-state index is 0.563. The molecule has 0 unspecified atom stereocenters. The molecule has 0 atom stereocenters. The van der Waals surface area contributed by atoms with Gasteiger partial charge in [-0.3, -0.25) is 10.00 Å². The van der Waals surface area contributed by atoms with E-state index in [1.54, 1.807) is 0 Å². The highest BCUT2D eigenvalue weighted by atomic mass is 15.3. The Labute approximate surface area is 122 Å². The zero-order valence-electron chi connectivity index (χ0n) is 11.8. The summed E-state index contributed by atoms with van der Waals surface area (Å²) in [6, 6.07) is 6.11. The van der Waals surface area contributed by atoms with Crippen molar-refractivity contribution in [2.45, 2.75) is 25.3 Å². The first-order chi connectivity index (χ1) is 10.4. The van der Waals surface area contributed by atoms with Crippen LogP contribution in [0.1, 0.15) is 30.1 Å².